The smallest absolute Gasteiger partial charge is 0.159 e. The van der Waals surface area contributed by atoms with Gasteiger partial charge in [0, 0.05) is 49.5 Å². The van der Waals surface area contributed by atoms with Crippen molar-refractivity contribution in [1.82, 2.24) is 20.4 Å². The molecule has 2 aliphatic heterocycles. The van der Waals surface area contributed by atoms with E-state index >= 15 is 0 Å². The number of aliphatic imine (C=N–C) groups is 2. The van der Waals surface area contributed by atoms with Crippen LogP contribution in [-0.2, 0) is 42.3 Å². The van der Waals surface area contributed by atoms with Gasteiger partial charge >= 0.3 is 0 Å². The molecule has 366 valence electrons. The van der Waals surface area contributed by atoms with Gasteiger partial charge in [0.1, 0.15) is 0 Å². The average Bonchev–Trinajstić information content (AvgIpc) is 3.33. The molecule has 0 fully saturated rings. The molecular weight excluding hydrogens is 1170 g/mol. The quantitative estimate of drug-likeness (QED) is 0.0369. The van der Waals surface area contributed by atoms with Gasteiger partial charge in [-0.15, -0.1) is 24.8 Å². The molecule has 0 radical (unpaired) electrons. The summed E-state index contributed by atoms with van der Waals surface area (Å²) >= 11 is 16.6. The highest BCUT2D eigenvalue weighted by molar-refractivity contribution is 9.11. The normalized spacial score (nSPS) is 13.3. The molecule has 0 atom stereocenters. The highest BCUT2D eigenvalue weighted by Gasteiger charge is 2.16. The molecule has 68 heavy (non-hydrogen) atoms. The van der Waals surface area contributed by atoms with Crippen molar-refractivity contribution in [2.75, 3.05) is 46.3 Å². The fraction of sp³-hybridized carbons (Fsp3) is 0.292. The maximum Gasteiger partial charge on any atom is 0.159 e. The summed E-state index contributed by atoms with van der Waals surface area (Å²) in [4.78, 5) is 14.3. The first kappa shape index (κ1) is 59.6. The number of benzene rings is 5. The fourth-order valence-electron chi connectivity index (χ4n) is 6.37. The van der Waals surface area contributed by atoms with Crippen molar-refractivity contribution in [2.24, 2.45) is 27.2 Å². The molecule has 10 N–H and O–H groups in total. The van der Waals surface area contributed by atoms with Crippen LogP contribution in [-0.4, -0.2) is 76.8 Å². The molecule has 2 aliphatic rings. The first-order valence-electron chi connectivity index (χ1n) is 21.3. The summed E-state index contributed by atoms with van der Waals surface area (Å²) in [5, 5.41) is 23.6. The summed E-state index contributed by atoms with van der Waals surface area (Å²) in [7, 11) is 0. The molecule has 5 aromatic carbocycles. The van der Waals surface area contributed by atoms with Crippen LogP contribution in [0.4, 0.5) is 0 Å². The minimum Gasteiger partial charge on any atom is -0.379 e. The summed E-state index contributed by atoms with van der Waals surface area (Å²) in [6, 6.07) is 42.0. The lowest BCUT2D eigenvalue weighted by Gasteiger charge is -2.27. The van der Waals surface area contributed by atoms with E-state index in [0.29, 0.717) is 11.5 Å². The van der Waals surface area contributed by atoms with Crippen molar-refractivity contribution in [2.45, 2.75) is 42.3 Å². The van der Waals surface area contributed by atoms with Gasteiger partial charge in [-0.25, -0.2) is 9.98 Å². The SMILES string of the molecule is Brc1ccc(CCN2CN=C(SCc3ccccc3CSC3=NCN(CCc4ccc(Br)cc4)CN3)NC2)cc1.Cl.Cl.N=C(N)SCc1ccccc1CSC(=N)N.NCCc1ccc(Br)cc1. The molecule has 0 aliphatic carbocycles. The zero-order valence-electron chi connectivity index (χ0n) is 37.6. The Hall–Kier alpha value is -2.72. The van der Waals surface area contributed by atoms with Crippen LogP contribution in [0, 0.1) is 10.8 Å². The fourth-order valence-corrected chi connectivity index (χ4v) is 10.1. The second-order valence-electron chi connectivity index (χ2n) is 15.0. The first-order valence-corrected chi connectivity index (χ1v) is 27.6. The summed E-state index contributed by atoms with van der Waals surface area (Å²) < 4.78 is 3.36. The van der Waals surface area contributed by atoms with Crippen molar-refractivity contribution < 1.29 is 0 Å². The van der Waals surface area contributed by atoms with Gasteiger partial charge in [0.25, 0.3) is 0 Å². The van der Waals surface area contributed by atoms with Crippen LogP contribution < -0.4 is 27.8 Å². The Morgan fingerprint density at radius 1 is 0.515 bits per heavy atom. The lowest BCUT2D eigenvalue weighted by atomic mass is 10.1. The average molecular weight is 1230 g/mol. The maximum absolute atomic E-state index is 7.17. The molecule has 0 amide bonds. The molecule has 11 nitrogen and oxygen atoms in total. The molecule has 0 bridgehead atoms. The molecule has 0 unspecified atom stereocenters. The van der Waals surface area contributed by atoms with Gasteiger partial charge in [0.05, 0.1) is 26.7 Å². The number of nitrogens with zero attached hydrogens (tertiary/aromatic N) is 4. The van der Waals surface area contributed by atoms with Crippen molar-refractivity contribution in [3.63, 3.8) is 0 Å². The van der Waals surface area contributed by atoms with Gasteiger partial charge in [-0.05, 0) is 101 Å². The Labute approximate surface area is 456 Å². The molecule has 20 heteroatoms. The summed E-state index contributed by atoms with van der Waals surface area (Å²) in [5.74, 6) is 3.18. The van der Waals surface area contributed by atoms with Crippen molar-refractivity contribution in [1.29, 1.82) is 10.8 Å². The third-order valence-electron chi connectivity index (χ3n) is 10.1. The number of nitrogens with two attached hydrogens (primary N) is 3. The lowest BCUT2D eigenvalue weighted by Crippen LogP contribution is -2.42. The first-order chi connectivity index (χ1) is 32.0. The largest absolute Gasteiger partial charge is 0.379 e. The number of thioether (sulfide) groups is 4. The van der Waals surface area contributed by atoms with Crippen LogP contribution in [0.25, 0.3) is 0 Å². The molecule has 7 rings (SSSR count). The standard InChI is InChI=1S/C30H34Br2N6S2.C10H14N4S2.C8H10BrN.2ClH/c31-27-9-5-23(6-10-27)13-15-37-19-33-29(34-20-37)39-17-25-3-1-2-4-26(25)18-40-30-35-21-38(22-36-30)16-14-24-7-11-28(32)12-8-24;11-9(12)15-5-7-3-1-2-4-8(7)6-16-10(13)14;9-8-3-1-7(2-4-8)5-6-10;;/h1-12H,13-22H2,(H,33,34)(H,35,36);1-4H,5-6H2,(H3,11,12)(H3,13,14);1-4H,5-6,10H2;2*1H. The second-order valence-corrected chi connectivity index (χ2v) is 21.7. The highest BCUT2D eigenvalue weighted by atomic mass is 79.9. The van der Waals surface area contributed by atoms with E-state index in [1.807, 2.05) is 36.4 Å². The van der Waals surface area contributed by atoms with Gasteiger partial charge in [-0.1, -0.05) is 180 Å². The zero-order chi connectivity index (χ0) is 46.9. The summed E-state index contributed by atoms with van der Waals surface area (Å²) in [6.07, 6.45) is 3.03. The minimum absolute atomic E-state index is 0. The number of nitrogens with one attached hydrogen (secondary N) is 4. The third kappa shape index (κ3) is 23.5. The van der Waals surface area contributed by atoms with E-state index in [9.17, 15) is 0 Å². The van der Waals surface area contributed by atoms with Gasteiger partial charge < -0.3 is 27.8 Å². The Morgan fingerprint density at radius 2 is 0.838 bits per heavy atom. The predicted molar refractivity (Wildman–Crippen MR) is 313 cm³/mol. The Morgan fingerprint density at radius 3 is 1.13 bits per heavy atom. The number of amidine groups is 4. The van der Waals surface area contributed by atoms with E-state index in [1.54, 1.807) is 23.5 Å². The van der Waals surface area contributed by atoms with Gasteiger partial charge in [0.15, 0.2) is 20.7 Å². The van der Waals surface area contributed by atoms with Crippen molar-refractivity contribution in [3.8, 4) is 0 Å². The second kappa shape index (κ2) is 33.8. The van der Waals surface area contributed by atoms with Crippen molar-refractivity contribution in [3.05, 3.63) is 174 Å². The summed E-state index contributed by atoms with van der Waals surface area (Å²) in [6.45, 7) is 5.89. The van der Waals surface area contributed by atoms with E-state index in [4.69, 9.17) is 38.0 Å². The number of hydrogen-bond donors (Lipinski definition) is 7. The predicted octanol–water partition coefficient (Wildman–Crippen LogP) is 11.2. The molecule has 0 saturated carbocycles. The molecule has 0 spiro atoms. The van der Waals surface area contributed by atoms with Crippen LogP contribution in [0.1, 0.15) is 38.9 Å². The van der Waals surface area contributed by atoms with Crippen LogP contribution in [0.2, 0.25) is 0 Å². The maximum atomic E-state index is 7.17. The van der Waals surface area contributed by atoms with E-state index < -0.39 is 0 Å². The monoisotopic (exact) mass is 1230 g/mol. The van der Waals surface area contributed by atoms with Crippen molar-refractivity contribution >= 4 is 140 Å². The van der Waals surface area contributed by atoms with E-state index in [2.05, 4.69) is 153 Å². The van der Waals surface area contributed by atoms with Gasteiger partial charge in [-0.3, -0.25) is 20.6 Å². The summed E-state index contributed by atoms with van der Waals surface area (Å²) in [5.41, 5.74) is 25.0. The molecular formula is C48H60Br3Cl2N11S4. The number of halogens is 5. The number of hydrogen-bond acceptors (Lipinski definition) is 13. The van der Waals surface area contributed by atoms with Crippen LogP contribution in [0.5, 0.6) is 0 Å². The lowest BCUT2D eigenvalue weighted by molar-refractivity contribution is 0.270. The van der Waals surface area contributed by atoms with E-state index in [0.717, 1.165) is 112 Å². The molecule has 0 saturated heterocycles. The topological polar surface area (TPSA) is 181 Å². The zero-order valence-corrected chi connectivity index (χ0v) is 47.2. The Kier molecular flexibility index (Phi) is 29.6. The minimum atomic E-state index is 0. The van der Waals surface area contributed by atoms with Crippen LogP contribution >= 0.6 is 120 Å². The van der Waals surface area contributed by atoms with E-state index in [-0.39, 0.29) is 35.1 Å². The molecule has 0 aromatic heterocycles. The Bertz CT molecular complexity index is 2190. The van der Waals surface area contributed by atoms with Crippen LogP contribution in [0.15, 0.2) is 145 Å². The van der Waals surface area contributed by atoms with Crippen LogP contribution in [0.3, 0.4) is 0 Å². The molecule has 2 heterocycles. The van der Waals surface area contributed by atoms with Gasteiger partial charge in [0.2, 0.25) is 0 Å². The Balaban J connectivity index is 0.000000359. The highest BCUT2D eigenvalue weighted by Crippen LogP contribution is 2.24. The third-order valence-corrected chi connectivity index (χ3v) is 15.2. The number of rotatable bonds is 16. The van der Waals surface area contributed by atoms with E-state index in [1.165, 1.54) is 51.3 Å². The molecule has 5 aromatic rings. The van der Waals surface area contributed by atoms with Gasteiger partial charge in [-0.2, -0.15) is 0 Å².